The van der Waals surface area contributed by atoms with Crippen molar-refractivity contribution < 1.29 is 26.4 Å². The Morgan fingerprint density at radius 3 is 2.20 bits per heavy atom. The summed E-state index contributed by atoms with van der Waals surface area (Å²) in [5.41, 5.74) is -0.820. The molecule has 0 spiro atoms. The van der Waals surface area contributed by atoms with Crippen molar-refractivity contribution in [2.24, 2.45) is 0 Å². The summed E-state index contributed by atoms with van der Waals surface area (Å²) in [5.74, 6) is -0.665. The van der Waals surface area contributed by atoms with E-state index in [4.69, 9.17) is 0 Å². The topological polar surface area (TPSA) is 66.5 Å². The summed E-state index contributed by atoms with van der Waals surface area (Å²) in [7, 11) is -3.44. The number of benzene rings is 2. The fraction of sp³-hybridized carbons (Fsp3) is 0.188. The monoisotopic (exact) mass is 372 g/mol. The summed E-state index contributed by atoms with van der Waals surface area (Å²) in [6.07, 6.45) is -4.82. The number of nitrogens with zero attached hydrogens (tertiary/aromatic N) is 1. The molecule has 2 rings (SSSR count). The van der Waals surface area contributed by atoms with Gasteiger partial charge in [-0.05, 0) is 24.3 Å². The molecule has 0 fully saturated rings. The van der Waals surface area contributed by atoms with Crippen molar-refractivity contribution in [3.8, 4) is 0 Å². The number of sulfonamides is 1. The Bertz CT molecular complexity index is 852. The highest BCUT2D eigenvalue weighted by Gasteiger charge is 2.38. The summed E-state index contributed by atoms with van der Waals surface area (Å²) in [6, 6.07) is 12.1. The van der Waals surface area contributed by atoms with E-state index in [9.17, 15) is 26.4 Å². The van der Waals surface area contributed by atoms with E-state index < -0.39 is 39.1 Å². The van der Waals surface area contributed by atoms with E-state index in [0.717, 1.165) is 19.2 Å². The van der Waals surface area contributed by atoms with Crippen molar-refractivity contribution in [3.05, 3.63) is 60.2 Å². The maximum atomic E-state index is 13.0. The molecule has 2 aromatic carbocycles. The number of carbonyl (C=O) groups excluding carboxylic acids is 1. The van der Waals surface area contributed by atoms with Gasteiger partial charge < -0.3 is 5.32 Å². The molecule has 0 bridgehead atoms. The van der Waals surface area contributed by atoms with Crippen LogP contribution in [0, 0.1) is 0 Å². The molecule has 0 unspecified atom stereocenters. The smallest absolute Gasteiger partial charge is 0.325 e. The van der Waals surface area contributed by atoms with Crippen molar-refractivity contribution in [1.29, 1.82) is 0 Å². The lowest BCUT2D eigenvalue weighted by molar-refractivity contribution is -0.139. The number of likely N-dealkylation sites (N-methyl/N-ethyl adjacent to an activating group) is 1. The third kappa shape index (κ3) is 4.58. The lowest BCUT2D eigenvalue weighted by Gasteiger charge is -2.19. The van der Waals surface area contributed by atoms with Gasteiger partial charge >= 0.3 is 6.18 Å². The molecular formula is C16H15F3N2O3S. The van der Waals surface area contributed by atoms with E-state index in [0.29, 0.717) is 16.1 Å². The molecular weight excluding hydrogens is 357 g/mol. The van der Waals surface area contributed by atoms with Crippen LogP contribution in [0.25, 0.3) is 0 Å². The molecule has 134 valence electrons. The van der Waals surface area contributed by atoms with Crippen LogP contribution in [-0.4, -0.2) is 32.2 Å². The Kier molecular flexibility index (Phi) is 5.48. The van der Waals surface area contributed by atoms with E-state index in [1.54, 1.807) is 30.3 Å². The molecule has 0 heterocycles. The van der Waals surface area contributed by atoms with Gasteiger partial charge in [-0.25, -0.2) is 8.42 Å². The number of hydrogen-bond donors (Lipinski definition) is 1. The number of alkyl halides is 3. The molecule has 0 aliphatic rings. The van der Waals surface area contributed by atoms with Crippen LogP contribution in [0.15, 0.2) is 59.5 Å². The summed E-state index contributed by atoms with van der Waals surface area (Å²) in [6.45, 7) is -0.622. The third-order valence-electron chi connectivity index (χ3n) is 3.30. The van der Waals surface area contributed by atoms with Crippen LogP contribution in [0.3, 0.4) is 0 Å². The van der Waals surface area contributed by atoms with Crippen molar-refractivity contribution in [1.82, 2.24) is 4.31 Å². The number of carbonyl (C=O) groups is 1. The lowest BCUT2D eigenvalue weighted by Crippen LogP contribution is -2.35. The molecule has 25 heavy (non-hydrogen) atoms. The number of halogens is 3. The van der Waals surface area contributed by atoms with Gasteiger partial charge in [0, 0.05) is 12.7 Å². The van der Waals surface area contributed by atoms with Gasteiger partial charge in [-0.3, -0.25) is 4.79 Å². The maximum absolute atomic E-state index is 13.0. The van der Waals surface area contributed by atoms with Gasteiger partial charge in [0.05, 0.1) is 17.0 Å². The molecule has 5 nitrogen and oxygen atoms in total. The molecule has 2 aromatic rings. The highest BCUT2D eigenvalue weighted by Crippen LogP contribution is 2.34. The molecule has 1 N–H and O–H groups in total. The van der Waals surface area contributed by atoms with Gasteiger partial charge in [0.15, 0.2) is 0 Å². The van der Waals surface area contributed by atoms with Crippen molar-refractivity contribution in [3.63, 3.8) is 0 Å². The second kappa shape index (κ2) is 7.24. The zero-order valence-corrected chi connectivity index (χ0v) is 13.9. The van der Waals surface area contributed by atoms with Crippen molar-refractivity contribution in [2.45, 2.75) is 11.1 Å². The molecule has 0 aliphatic carbocycles. The summed E-state index contributed by atoms with van der Waals surface area (Å²) in [5, 5.41) is 2.47. The van der Waals surface area contributed by atoms with Gasteiger partial charge in [-0.15, -0.1) is 0 Å². The Morgan fingerprint density at radius 2 is 1.60 bits per heavy atom. The van der Waals surface area contributed by atoms with Crippen LogP contribution in [0.5, 0.6) is 0 Å². The molecule has 0 aliphatic heterocycles. The molecule has 0 aromatic heterocycles. The zero-order chi connectivity index (χ0) is 18.7. The molecule has 0 saturated carbocycles. The predicted octanol–water partition coefficient (Wildman–Crippen LogP) is 2.96. The van der Waals surface area contributed by atoms with Crippen molar-refractivity contribution >= 4 is 21.6 Å². The molecule has 1 amide bonds. The van der Waals surface area contributed by atoms with Crippen LogP contribution in [-0.2, 0) is 21.0 Å². The first-order valence-electron chi connectivity index (χ1n) is 7.10. The molecule has 9 heteroatoms. The highest BCUT2D eigenvalue weighted by atomic mass is 32.2. The van der Waals surface area contributed by atoms with Crippen molar-refractivity contribution in [2.75, 3.05) is 18.9 Å². The van der Waals surface area contributed by atoms with Gasteiger partial charge in [0.25, 0.3) is 0 Å². The summed E-state index contributed by atoms with van der Waals surface area (Å²) < 4.78 is 64.5. The first-order chi connectivity index (χ1) is 11.6. The molecule has 0 atom stereocenters. The summed E-state index contributed by atoms with van der Waals surface area (Å²) >= 11 is 0. The minimum atomic E-state index is -4.82. The SMILES string of the molecule is CN(CC(=O)Nc1ccccc1)S(=O)(=O)c1ccccc1C(F)(F)F. The van der Waals surface area contributed by atoms with Crippen LogP contribution in [0.1, 0.15) is 5.56 Å². The average Bonchev–Trinajstić information content (AvgIpc) is 2.54. The largest absolute Gasteiger partial charge is 0.417 e. The van der Waals surface area contributed by atoms with E-state index in [-0.39, 0.29) is 0 Å². The minimum Gasteiger partial charge on any atom is -0.325 e. The quantitative estimate of drug-likeness (QED) is 0.878. The fourth-order valence-electron chi connectivity index (χ4n) is 2.10. The van der Waals surface area contributed by atoms with Crippen LogP contribution in [0.4, 0.5) is 18.9 Å². The van der Waals surface area contributed by atoms with E-state index in [2.05, 4.69) is 5.32 Å². The normalized spacial score (nSPS) is 12.2. The van der Waals surface area contributed by atoms with E-state index >= 15 is 0 Å². The third-order valence-corrected chi connectivity index (χ3v) is 5.17. The lowest BCUT2D eigenvalue weighted by atomic mass is 10.2. The Hall–Kier alpha value is -2.39. The Labute approximate surface area is 143 Å². The van der Waals surface area contributed by atoms with Gasteiger partial charge in [0.2, 0.25) is 15.9 Å². The molecule has 0 saturated heterocycles. The first-order valence-corrected chi connectivity index (χ1v) is 8.54. The van der Waals surface area contributed by atoms with Gasteiger partial charge in [0.1, 0.15) is 0 Å². The van der Waals surface area contributed by atoms with Crippen LogP contribution >= 0.6 is 0 Å². The number of amides is 1. The second-order valence-corrected chi connectivity index (χ2v) is 7.18. The molecule has 0 radical (unpaired) electrons. The predicted molar refractivity (Wildman–Crippen MR) is 86.3 cm³/mol. The maximum Gasteiger partial charge on any atom is 0.417 e. The van der Waals surface area contributed by atoms with Gasteiger partial charge in [-0.2, -0.15) is 17.5 Å². The number of hydrogen-bond acceptors (Lipinski definition) is 3. The van der Waals surface area contributed by atoms with E-state index in [1.165, 1.54) is 6.07 Å². The number of rotatable bonds is 5. The second-order valence-electron chi connectivity index (χ2n) is 5.17. The Balaban J connectivity index is 2.21. The van der Waals surface area contributed by atoms with Gasteiger partial charge in [-0.1, -0.05) is 30.3 Å². The number of anilines is 1. The van der Waals surface area contributed by atoms with Crippen LogP contribution < -0.4 is 5.32 Å². The fourth-order valence-corrected chi connectivity index (χ4v) is 3.44. The minimum absolute atomic E-state index is 0.453. The summed E-state index contributed by atoms with van der Waals surface area (Å²) in [4.78, 5) is 11.1. The average molecular weight is 372 g/mol. The zero-order valence-electron chi connectivity index (χ0n) is 13.1. The highest BCUT2D eigenvalue weighted by molar-refractivity contribution is 7.89. The number of nitrogens with one attached hydrogen (secondary N) is 1. The number of para-hydroxylation sites is 1. The first kappa shape index (κ1) is 18.9. The van der Waals surface area contributed by atoms with Crippen LogP contribution in [0.2, 0.25) is 0 Å². The Morgan fingerprint density at radius 1 is 1.04 bits per heavy atom. The van der Waals surface area contributed by atoms with E-state index in [1.807, 2.05) is 0 Å². The standard InChI is InChI=1S/C16H15F3N2O3S/c1-21(11-15(22)20-12-7-3-2-4-8-12)25(23,24)14-10-6-5-9-13(14)16(17,18)19/h2-10H,11H2,1H3,(H,20,22).